The van der Waals surface area contributed by atoms with Crippen LogP contribution in [0.1, 0.15) is 126 Å². The standard InChI is InChI=1S/C36H58O5S2/c1-15-35(11,12)25-17-22(16-24(30(25)40)32(2,3)4)42-36(13,14)43-23-18-26(33(5,6)7)31(27(19-23)34(8,9)10)41-21-29(39)28(38)20-37/h16-19,28-29,37-40H,15,20-21H2,1-14H3. The molecule has 0 aliphatic carbocycles. The van der Waals surface area contributed by atoms with Crippen molar-refractivity contribution in [1.82, 2.24) is 0 Å². The Bertz CT molecular complexity index is 1210. The molecule has 2 atom stereocenters. The highest BCUT2D eigenvalue weighted by atomic mass is 32.2. The zero-order valence-electron chi connectivity index (χ0n) is 29.1. The molecule has 244 valence electrons. The van der Waals surface area contributed by atoms with Gasteiger partial charge in [-0.3, -0.25) is 0 Å². The van der Waals surface area contributed by atoms with E-state index >= 15 is 0 Å². The smallest absolute Gasteiger partial charge is 0.126 e. The molecule has 0 amide bonds. The van der Waals surface area contributed by atoms with Gasteiger partial charge in [-0.15, -0.1) is 23.5 Å². The Morgan fingerprint density at radius 1 is 0.651 bits per heavy atom. The fourth-order valence-corrected chi connectivity index (χ4v) is 7.45. The molecule has 4 N–H and O–H groups in total. The van der Waals surface area contributed by atoms with Gasteiger partial charge in [-0.05, 0) is 66.2 Å². The van der Waals surface area contributed by atoms with Gasteiger partial charge in [0.2, 0.25) is 0 Å². The van der Waals surface area contributed by atoms with E-state index in [4.69, 9.17) is 4.74 Å². The summed E-state index contributed by atoms with van der Waals surface area (Å²) in [7, 11) is 0. The minimum Gasteiger partial charge on any atom is -0.507 e. The van der Waals surface area contributed by atoms with Crippen LogP contribution in [0.3, 0.4) is 0 Å². The van der Waals surface area contributed by atoms with Crippen LogP contribution < -0.4 is 4.74 Å². The Kier molecular flexibility index (Phi) is 11.9. The molecule has 0 aliphatic heterocycles. The maximum atomic E-state index is 11.3. The molecule has 43 heavy (non-hydrogen) atoms. The van der Waals surface area contributed by atoms with Gasteiger partial charge in [0.25, 0.3) is 0 Å². The molecule has 0 saturated heterocycles. The Hall–Kier alpha value is -1.38. The van der Waals surface area contributed by atoms with Crippen molar-refractivity contribution >= 4 is 23.5 Å². The average molecular weight is 635 g/mol. The summed E-state index contributed by atoms with van der Waals surface area (Å²) in [6.45, 7) is 29.7. The molecule has 0 aromatic heterocycles. The van der Waals surface area contributed by atoms with Crippen LogP contribution in [-0.2, 0) is 21.7 Å². The van der Waals surface area contributed by atoms with Crippen molar-refractivity contribution in [2.75, 3.05) is 13.2 Å². The number of benzene rings is 2. The van der Waals surface area contributed by atoms with Gasteiger partial charge in [0, 0.05) is 32.0 Å². The van der Waals surface area contributed by atoms with Crippen molar-refractivity contribution in [2.45, 2.75) is 151 Å². The van der Waals surface area contributed by atoms with Crippen LogP contribution in [-0.4, -0.2) is 49.9 Å². The van der Waals surface area contributed by atoms with E-state index in [1.807, 2.05) is 11.8 Å². The predicted molar refractivity (Wildman–Crippen MR) is 184 cm³/mol. The molecule has 2 aromatic carbocycles. The molecule has 0 fully saturated rings. The van der Waals surface area contributed by atoms with Gasteiger partial charge in [-0.2, -0.15) is 0 Å². The number of aromatic hydroxyl groups is 1. The summed E-state index contributed by atoms with van der Waals surface area (Å²) in [6, 6.07) is 8.71. The van der Waals surface area contributed by atoms with Gasteiger partial charge in [0.15, 0.2) is 0 Å². The lowest BCUT2D eigenvalue weighted by Gasteiger charge is -2.33. The average Bonchev–Trinajstić information content (AvgIpc) is 2.85. The van der Waals surface area contributed by atoms with Crippen LogP contribution in [0.15, 0.2) is 34.1 Å². The summed E-state index contributed by atoms with van der Waals surface area (Å²) in [4.78, 5) is 2.26. The van der Waals surface area contributed by atoms with E-state index in [1.54, 1.807) is 11.8 Å². The molecule has 2 aromatic rings. The highest BCUT2D eigenvalue weighted by Gasteiger charge is 2.33. The molecule has 0 spiro atoms. The van der Waals surface area contributed by atoms with Crippen LogP contribution in [0.25, 0.3) is 0 Å². The fourth-order valence-electron chi connectivity index (χ4n) is 4.87. The Balaban J connectivity index is 2.61. The van der Waals surface area contributed by atoms with E-state index in [9.17, 15) is 20.4 Å². The van der Waals surface area contributed by atoms with Crippen molar-refractivity contribution in [3.8, 4) is 11.5 Å². The first-order valence-corrected chi connectivity index (χ1v) is 17.0. The third kappa shape index (κ3) is 9.80. The molecule has 0 heterocycles. The van der Waals surface area contributed by atoms with Gasteiger partial charge in [-0.1, -0.05) is 83.1 Å². The molecule has 0 aliphatic rings. The number of hydrogen-bond acceptors (Lipinski definition) is 7. The molecule has 0 radical (unpaired) electrons. The summed E-state index contributed by atoms with van der Waals surface area (Å²) < 4.78 is 6.00. The summed E-state index contributed by atoms with van der Waals surface area (Å²) >= 11 is 3.61. The molecular weight excluding hydrogens is 577 g/mol. The second-order valence-electron chi connectivity index (χ2n) is 15.9. The van der Waals surface area contributed by atoms with Gasteiger partial charge in [0.05, 0.1) is 10.7 Å². The maximum absolute atomic E-state index is 11.3. The Labute approximate surface area is 270 Å². The van der Waals surface area contributed by atoms with E-state index in [-0.39, 0.29) is 32.3 Å². The van der Waals surface area contributed by atoms with Gasteiger partial charge < -0.3 is 25.2 Å². The van der Waals surface area contributed by atoms with Crippen LogP contribution in [0.4, 0.5) is 0 Å². The van der Waals surface area contributed by atoms with Crippen molar-refractivity contribution in [1.29, 1.82) is 0 Å². The van der Waals surface area contributed by atoms with Crippen LogP contribution in [0.5, 0.6) is 11.5 Å². The predicted octanol–water partition coefficient (Wildman–Crippen LogP) is 8.69. The molecule has 0 bridgehead atoms. The zero-order valence-corrected chi connectivity index (χ0v) is 30.7. The lowest BCUT2D eigenvalue weighted by atomic mass is 9.77. The number of aliphatic hydroxyl groups excluding tert-OH is 3. The van der Waals surface area contributed by atoms with E-state index in [2.05, 4.69) is 121 Å². The highest BCUT2D eigenvalue weighted by molar-refractivity contribution is 8.18. The summed E-state index contributed by atoms with van der Waals surface area (Å²) in [5.41, 5.74) is 3.17. The van der Waals surface area contributed by atoms with Gasteiger partial charge >= 0.3 is 0 Å². The number of hydrogen-bond donors (Lipinski definition) is 4. The number of phenolic OH excluding ortho intramolecular Hbond substituents is 1. The quantitative estimate of drug-likeness (QED) is 0.145. The Morgan fingerprint density at radius 2 is 1.05 bits per heavy atom. The number of phenols is 1. The molecule has 2 unspecified atom stereocenters. The van der Waals surface area contributed by atoms with Crippen molar-refractivity contribution < 1.29 is 25.2 Å². The number of ether oxygens (including phenoxy) is 1. The number of aliphatic hydroxyl groups is 3. The maximum Gasteiger partial charge on any atom is 0.126 e. The fraction of sp³-hybridized carbons (Fsp3) is 0.667. The lowest BCUT2D eigenvalue weighted by molar-refractivity contribution is -0.0344. The van der Waals surface area contributed by atoms with Crippen LogP contribution >= 0.6 is 23.5 Å². The second kappa shape index (κ2) is 13.5. The summed E-state index contributed by atoms with van der Waals surface area (Å²) in [5.74, 6) is 1.13. The molecule has 7 heteroatoms. The van der Waals surface area contributed by atoms with Crippen molar-refractivity contribution in [3.05, 3.63) is 46.5 Å². The molecular formula is C36H58O5S2. The van der Waals surface area contributed by atoms with Crippen molar-refractivity contribution in [3.63, 3.8) is 0 Å². The van der Waals surface area contributed by atoms with Crippen LogP contribution in [0, 0.1) is 0 Å². The van der Waals surface area contributed by atoms with Gasteiger partial charge in [-0.25, -0.2) is 0 Å². The van der Waals surface area contributed by atoms with E-state index in [0.717, 1.165) is 44.2 Å². The summed E-state index contributed by atoms with van der Waals surface area (Å²) in [6.07, 6.45) is -1.53. The number of thioether (sulfide) groups is 2. The highest BCUT2D eigenvalue weighted by Crippen LogP contribution is 2.51. The third-order valence-electron chi connectivity index (χ3n) is 7.94. The largest absolute Gasteiger partial charge is 0.507 e. The van der Waals surface area contributed by atoms with Crippen molar-refractivity contribution in [2.24, 2.45) is 0 Å². The second-order valence-corrected chi connectivity index (χ2v) is 19.6. The Morgan fingerprint density at radius 3 is 1.42 bits per heavy atom. The first-order valence-electron chi connectivity index (χ1n) is 15.4. The topological polar surface area (TPSA) is 90.2 Å². The minimum absolute atomic E-state index is 0.116. The molecule has 2 rings (SSSR count). The zero-order chi connectivity index (χ0) is 33.3. The lowest BCUT2D eigenvalue weighted by Crippen LogP contribution is -2.35. The summed E-state index contributed by atoms with van der Waals surface area (Å²) in [5, 5.41) is 40.9. The monoisotopic (exact) mass is 634 g/mol. The van der Waals surface area contributed by atoms with E-state index in [1.165, 1.54) is 0 Å². The van der Waals surface area contributed by atoms with Crippen LogP contribution in [0.2, 0.25) is 0 Å². The first kappa shape index (κ1) is 37.8. The molecule has 5 nitrogen and oxygen atoms in total. The SMILES string of the molecule is CCC(C)(C)c1cc(SC(C)(C)Sc2cc(C(C)(C)C)c(OCC(O)C(O)CO)c(C(C)(C)C)c2)cc(C(C)(C)C)c1O. The van der Waals surface area contributed by atoms with Gasteiger partial charge in [0.1, 0.15) is 30.3 Å². The number of rotatable bonds is 11. The third-order valence-corrected chi connectivity index (χ3v) is 10.4. The first-order chi connectivity index (χ1) is 19.3. The van der Waals surface area contributed by atoms with E-state index < -0.39 is 18.8 Å². The normalized spacial score (nSPS) is 15.0. The van der Waals surface area contributed by atoms with E-state index in [0.29, 0.717) is 5.75 Å². The minimum atomic E-state index is -1.26. The molecule has 0 saturated carbocycles.